The second kappa shape index (κ2) is 19.4. The minimum Gasteiger partial charge on any atom is -0.476 e. The standard InChI is InChI=1S/C49H39N3O9S/c1-32(53)59-42-28-27-35(29-43(42)60-33(2)54)39-25-15-16-26-40(39)46(34-17-7-3-8-18-34)61-44(55)30-58-52-45(47(56)57)41-31-62-48(50-41)51-49(36-19-9-4-10-20-36,37-21-11-5-12-22-37)38-23-13-6-14-24-38/h3-29,31,46H,30H2,1-2H3,(H,50,51)(H,56,57)/b52-45-. The van der Waals surface area contributed by atoms with Crippen LogP contribution in [0.4, 0.5) is 5.13 Å². The lowest BCUT2D eigenvalue weighted by atomic mass is 9.77. The number of benzene rings is 6. The summed E-state index contributed by atoms with van der Waals surface area (Å²) in [6.07, 6.45) is -0.969. The summed E-state index contributed by atoms with van der Waals surface area (Å²) in [5, 5.41) is 19.7. The summed E-state index contributed by atoms with van der Waals surface area (Å²) in [5.74, 6) is -3.38. The van der Waals surface area contributed by atoms with E-state index in [4.69, 9.17) is 19.0 Å². The maximum atomic E-state index is 13.5. The van der Waals surface area contributed by atoms with E-state index in [2.05, 4.69) is 15.5 Å². The number of anilines is 1. The number of thiazole rings is 1. The third-order valence-electron chi connectivity index (χ3n) is 9.56. The molecule has 6 aromatic carbocycles. The van der Waals surface area contributed by atoms with Crippen molar-refractivity contribution >= 4 is 46.1 Å². The Kier molecular flexibility index (Phi) is 13.2. The van der Waals surface area contributed by atoms with E-state index in [1.807, 2.05) is 97.1 Å². The van der Waals surface area contributed by atoms with Crippen LogP contribution in [-0.4, -0.2) is 46.3 Å². The fourth-order valence-electron chi connectivity index (χ4n) is 6.97. The predicted octanol–water partition coefficient (Wildman–Crippen LogP) is 9.20. The highest BCUT2D eigenvalue weighted by Crippen LogP contribution is 2.41. The zero-order chi connectivity index (χ0) is 43.5. The van der Waals surface area contributed by atoms with Gasteiger partial charge in [0.2, 0.25) is 12.3 Å². The second-order valence-corrected chi connectivity index (χ2v) is 14.6. The predicted molar refractivity (Wildman–Crippen MR) is 234 cm³/mol. The monoisotopic (exact) mass is 845 g/mol. The number of rotatable bonds is 16. The van der Waals surface area contributed by atoms with E-state index >= 15 is 0 Å². The molecule has 0 amide bonds. The number of hydrogen-bond donors (Lipinski definition) is 2. The van der Waals surface area contributed by atoms with Crippen LogP contribution >= 0.6 is 11.3 Å². The number of oxime groups is 1. The molecule has 12 nitrogen and oxygen atoms in total. The summed E-state index contributed by atoms with van der Waals surface area (Å²) in [6, 6.07) is 50.6. The number of nitrogens with one attached hydrogen (secondary N) is 1. The number of carboxylic acid groups (broad SMARTS) is 1. The van der Waals surface area contributed by atoms with Crippen molar-refractivity contribution < 1.29 is 43.3 Å². The molecule has 310 valence electrons. The van der Waals surface area contributed by atoms with Crippen LogP contribution in [0.3, 0.4) is 0 Å². The smallest absolute Gasteiger partial charge is 0.360 e. The van der Waals surface area contributed by atoms with E-state index in [1.54, 1.807) is 66.0 Å². The van der Waals surface area contributed by atoms with Crippen molar-refractivity contribution in [1.82, 2.24) is 4.98 Å². The first-order chi connectivity index (χ1) is 30.1. The van der Waals surface area contributed by atoms with E-state index in [0.717, 1.165) is 16.7 Å². The number of esters is 3. The lowest BCUT2D eigenvalue weighted by Crippen LogP contribution is -2.38. The average Bonchev–Trinajstić information content (AvgIpc) is 3.75. The molecule has 0 bridgehead atoms. The first-order valence-electron chi connectivity index (χ1n) is 19.3. The Morgan fingerprint density at radius 2 is 1.23 bits per heavy atom. The molecule has 0 radical (unpaired) electrons. The SMILES string of the molecule is CC(=O)Oc1ccc(-c2ccccc2C(OC(=O)CO/N=C(\C(=O)O)c2csc(NC(c3ccccc3)(c3ccccc3)c3ccccc3)n2)c2ccccc2)cc1OC(C)=O. The molecule has 7 rings (SSSR count). The average molecular weight is 846 g/mol. The van der Waals surface area contributed by atoms with Crippen molar-refractivity contribution in [1.29, 1.82) is 0 Å². The lowest BCUT2D eigenvalue weighted by molar-refractivity contribution is -0.153. The van der Waals surface area contributed by atoms with Gasteiger partial charge in [-0.25, -0.2) is 14.6 Å². The van der Waals surface area contributed by atoms with Gasteiger partial charge >= 0.3 is 23.9 Å². The van der Waals surface area contributed by atoms with Crippen molar-refractivity contribution in [2.24, 2.45) is 5.16 Å². The van der Waals surface area contributed by atoms with Gasteiger partial charge in [0.05, 0.1) is 0 Å². The maximum absolute atomic E-state index is 13.5. The van der Waals surface area contributed by atoms with Gasteiger partial charge in [-0.2, -0.15) is 0 Å². The van der Waals surface area contributed by atoms with Crippen LogP contribution in [0, 0.1) is 0 Å². The number of aliphatic carboxylic acids is 1. The Bertz CT molecular complexity index is 2610. The lowest BCUT2D eigenvalue weighted by Gasteiger charge is -2.36. The van der Waals surface area contributed by atoms with Gasteiger partial charge in [-0.05, 0) is 45.5 Å². The molecule has 0 spiro atoms. The Labute approximate surface area is 361 Å². The van der Waals surface area contributed by atoms with Gasteiger partial charge in [0.15, 0.2) is 22.7 Å². The second-order valence-electron chi connectivity index (χ2n) is 13.7. The molecule has 2 N–H and O–H groups in total. The fraction of sp³-hybridized carbons (Fsp3) is 0.102. The molecule has 0 saturated carbocycles. The van der Waals surface area contributed by atoms with Crippen LogP contribution in [-0.2, 0) is 34.3 Å². The zero-order valence-electron chi connectivity index (χ0n) is 33.5. The number of nitrogens with zero attached hydrogens (tertiary/aromatic N) is 2. The number of aromatic nitrogens is 1. The highest BCUT2D eigenvalue weighted by Gasteiger charge is 2.37. The highest BCUT2D eigenvalue weighted by atomic mass is 32.1. The van der Waals surface area contributed by atoms with Gasteiger partial charge in [-0.15, -0.1) is 11.3 Å². The Hall–Kier alpha value is -7.90. The van der Waals surface area contributed by atoms with E-state index < -0.39 is 47.8 Å². The van der Waals surface area contributed by atoms with Crippen molar-refractivity contribution in [2.45, 2.75) is 25.5 Å². The Balaban J connectivity index is 1.14. The molecule has 0 aliphatic heterocycles. The molecular formula is C49H39N3O9S. The molecule has 1 atom stereocenters. The van der Waals surface area contributed by atoms with Crippen LogP contribution in [0.1, 0.15) is 53.5 Å². The molecule has 62 heavy (non-hydrogen) atoms. The van der Waals surface area contributed by atoms with Gasteiger partial charge in [0.25, 0.3) is 0 Å². The highest BCUT2D eigenvalue weighted by molar-refractivity contribution is 7.14. The Morgan fingerprint density at radius 1 is 0.694 bits per heavy atom. The van der Waals surface area contributed by atoms with Gasteiger partial charge < -0.3 is 29.5 Å². The summed E-state index contributed by atoms with van der Waals surface area (Å²) in [5.41, 5.74) is 3.77. The minimum absolute atomic E-state index is 0.0189. The fourth-order valence-corrected chi connectivity index (χ4v) is 7.72. The molecule has 0 aliphatic rings. The number of hydrogen-bond acceptors (Lipinski definition) is 12. The van der Waals surface area contributed by atoms with Crippen LogP contribution in [0.15, 0.2) is 174 Å². The van der Waals surface area contributed by atoms with Gasteiger partial charge in [-0.1, -0.05) is 157 Å². The first kappa shape index (κ1) is 42.2. The topological polar surface area (TPSA) is 163 Å². The van der Waals surface area contributed by atoms with Crippen LogP contribution in [0.5, 0.6) is 11.5 Å². The summed E-state index contributed by atoms with van der Waals surface area (Å²) in [6.45, 7) is 1.74. The van der Waals surface area contributed by atoms with Gasteiger partial charge in [0.1, 0.15) is 11.2 Å². The van der Waals surface area contributed by atoms with E-state index in [1.165, 1.54) is 31.3 Å². The van der Waals surface area contributed by atoms with Crippen molar-refractivity contribution in [3.8, 4) is 22.6 Å². The summed E-state index contributed by atoms with van der Waals surface area (Å²) < 4.78 is 16.6. The normalized spacial score (nSPS) is 11.8. The van der Waals surface area contributed by atoms with E-state index in [-0.39, 0.29) is 17.2 Å². The van der Waals surface area contributed by atoms with E-state index in [0.29, 0.717) is 27.4 Å². The Morgan fingerprint density at radius 3 is 1.79 bits per heavy atom. The van der Waals surface area contributed by atoms with Gasteiger partial charge in [-0.3, -0.25) is 9.59 Å². The number of carbonyl (C=O) groups excluding carboxylic acids is 3. The third kappa shape index (κ3) is 9.75. The van der Waals surface area contributed by atoms with Crippen LogP contribution in [0.2, 0.25) is 0 Å². The van der Waals surface area contributed by atoms with Gasteiger partial charge in [0, 0.05) is 24.8 Å². The first-order valence-corrected chi connectivity index (χ1v) is 20.2. The van der Waals surface area contributed by atoms with E-state index in [9.17, 15) is 24.3 Å². The van der Waals surface area contributed by atoms with Crippen molar-refractivity contribution in [3.63, 3.8) is 0 Å². The van der Waals surface area contributed by atoms with Crippen LogP contribution in [0.25, 0.3) is 11.1 Å². The molecule has 7 aromatic rings. The molecule has 1 aromatic heterocycles. The summed E-state index contributed by atoms with van der Waals surface area (Å²) in [7, 11) is 0. The number of ether oxygens (including phenoxy) is 3. The molecule has 13 heteroatoms. The molecule has 1 unspecified atom stereocenters. The number of carboxylic acids is 1. The van der Waals surface area contributed by atoms with Crippen molar-refractivity contribution in [3.05, 3.63) is 203 Å². The van der Waals surface area contributed by atoms with Crippen LogP contribution < -0.4 is 14.8 Å². The third-order valence-corrected chi connectivity index (χ3v) is 10.3. The largest absolute Gasteiger partial charge is 0.476 e. The van der Waals surface area contributed by atoms with Crippen molar-refractivity contribution in [2.75, 3.05) is 11.9 Å². The molecule has 1 heterocycles. The quantitative estimate of drug-likeness (QED) is 0.0314. The molecule has 0 saturated heterocycles. The number of carbonyl (C=O) groups is 4. The minimum atomic E-state index is -1.42. The zero-order valence-corrected chi connectivity index (χ0v) is 34.3. The molecule has 0 aliphatic carbocycles. The molecule has 0 fully saturated rings. The molecular weight excluding hydrogens is 807 g/mol. The summed E-state index contributed by atoms with van der Waals surface area (Å²) >= 11 is 1.20. The maximum Gasteiger partial charge on any atom is 0.360 e. The summed E-state index contributed by atoms with van der Waals surface area (Å²) in [4.78, 5) is 59.8.